The van der Waals surface area contributed by atoms with Gasteiger partial charge >= 0.3 is 0 Å². The highest BCUT2D eigenvalue weighted by Gasteiger charge is 2.11. The fourth-order valence-electron chi connectivity index (χ4n) is 3.08. The molecular weight excluding hydrogens is 529 g/mol. The van der Waals surface area contributed by atoms with E-state index >= 15 is 0 Å². The average Bonchev–Trinajstić information content (AvgIpc) is 3.29. The molecule has 33 heavy (non-hydrogen) atoms. The van der Waals surface area contributed by atoms with E-state index in [-0.39, 0.29) is 12.4 Å². The van der Waals surface area contributed by atoms with Crippen LogP contribution in [-0.4, -0.2) is 32.5 Å². The van der Waals surface area contributed by atoms with Crippen molar-refractivity contribution in [2.24, 2.45) is 0 Å². The molecule has 4 aromatic rings. The van der Waals surface area contributed by atoms with Crippen molar-refractivity contribution in [2.75, 3.05) is 12.3 Å². The summed E-state index contributed by atoms with van der Waals surface area (Å²) in [5.74, 6) is 1.07. The van der Waals surface area contributed by atoms with Gasteiger partial charge in [0, 0.05) is 34.4 Å². The van der Waals surface area contributed by atoms with Gasteiger partial charge in [0.15, 0.2) is 0 Å². The summed E-state index contributed by atoms with van der Waals surface area (Å²) < 4.78 is 22.6. The Morgan fingerprint density at radius 3 is 2.76 bits per heavy atom. The van der Waals surface area contributed by atoms with Crippen LogP contribution in [0.2, 0.25) is 5.02 Å². The molecule has 0 atom stereocenters. The minimum absolute atomic E-state index is 0.0537. The highest BCUT2D eigenvalue weighted by atomic mass is 79.9. The van der Waals surface area contributed by atoms with Crippen LogP contribution in [0.25, 0.3) is 5.69 Å². The molecule has 4 rings (SSSR count). The summed E-state index contributed by atoms with van der Waals surface area (Å²) in [5, 5.41) is 16.5. The highest BCUT2D eigenvalue weighted by Crippen LogP contribution is 2.26. The first-order chi connectivity index (χ1) is 16.1. The summed E-state index contributed by atoms with van der Waals surface area (Å²) in [6.07, 6.45) is 0. The lowest BCUT2D eigenvalue weighted by molar-refractivity contribution is 0.296. The first-order valence-electron chi connectivity index (χ1n) is 10.1. The number of tetrazole rings is 1. The molecule has 0 aliphatic carbocycles. The average molecular weight is 549 g/mol. The zero-order valence-corrected chi connectivity index (χ0v) is 20.6. The quantitative estimate of drug-likeness (QED) is 0.203. The maximum atomic E-state index is 14.1. The van der Waals surface area contributed by atoms with Crippen molar-refractivity contribution in [3.63, 3.8) is 0 Å². The molecule has 0 saturated heterocycles. The van der Waals surface area contributed by atoms with Crippen LogP contribution in [0.15, 0.2) is 76.4 Å². The van der Waals surface area contributed by atoms with Gasteiger partial charge in [-0.2, -0.15) is 4.68 Å². The number of ether oxygens (including phenoxy) is 1. The van der Waals surface area contributed by atoms with Crippen molar-refractivity contribution in [2.45, 2.75) is 18.3 Å². The molecule has 3 aromatic carbocycles. The van der Waals surface area contributed by atoms with E-state index in [1.807, 2.05) is 48.5 Å². The third-order valence-corrected chi connectivity index (χ3v) is 6.49. The van der Waals surface area contributed by atoms with Crippen molar-refractivity contribution >= 4 is 39.3 Å². The van der Waals surface area contributed by atoms with Crippen LogP contribution in [0.4, 0.5) is 4.39 Å². The van der Waals surface area contributed by atoms with Gasteiger partial charge in [0.05, 0.1) is 10.7 Å². The standard InChI is InChI=1S/C23H20BrClFN5OS/c24-17-9-10-22(32-15-19-20(25)7-4-8-21(19)26)16(13-17)14-27-11-12-33-23-28-29-30-31(23)18-5-2-1-3-6-18/h1-10,13,27H,11-12,14-15H2. The summed E-state index contributed by atoms with van der Waals surface area (Å²) >= 11 is 11.2. The summed E-state index contributed by atoms with van der Waals surface area (Å²) in [5.41, 5.74) is 2.22. The lowest BCUT2D eigenvalue weighted by Crippen LogP contribution is -2.17. The summed E-state index contributed by atoms with van der Waals surface area (Å²) in [6.45, 7) is 1.37. The third kappa shape index (κ3) is 6.32. The Kier molecular flexibility index (Phi) is 8.33. The fourth-order valence-corrected chi connectivity index (χ4v) is 4.50. The molecule has 10 heteroatoms. The maximum Gasteiger partial charge on any atom is 0.214 e. The van der Waals surface area contributed by atoms with E-state index in [0.29, 0.717) is 22.9 Å². The third-order valence-electron chi connectivity index (χ3n) is 4.72. The highest BCUT2D eigenvalue weighted by molar-refractivity contribution is 9.10. The number of thioether (sulfide) groups is 1. The number of hydrogen-bond acceptors (Lipinski definition) is 6. The van der Waals surface area contributed by atoms with Crippen molar-refractivity contribution in [1.82, 2.24) is 25.5 Å². The number of benzene rings is 3. The number of nitrogens with one attached hydrogen (secondary N) is 1. The van der Waals surface area contributed by atoms with Crippen LogP contribution < -0.4 is 10.1 Å². The molecule has 0 aliphatic rings. The van der Waals surface area contributed by atoms with Gasteiger partial charge in [-0.05, 0) is 52.9 Å². The van der Waals surface area contributed by atoms with Gasteiger partial charge in [-0.3, -0.25) is 0 Å². The second-order valence-electron chi connectivity index (χ2n) is 6.97. The van der Waals surface area contributed by atoms with Gasteiger partial charge in [-0.1, -0.05) is 63.6 Å². The van der Waals surface area contributed by atoms with Crippen LogP contribution in [-0.2, 0) is 13.2 Å². The molecule has 0 bridgehead atoms. The van der Waals surface area contributed by atoms with E-state index in [1.54, 1.807) is 28.6 Å². The van der Waals surface area contributed by atoms with E-state index in [4.69, 9.17) is 16.3 Å². The number of nitrogens with zero attached hydrogens (tertiary/aromatic N) is 4. The van der Waals surface area contributed by atoms with Crippen LogP contribution >= 0.6 is 39.3 Å². The van der Waals surface area contributed by atoms with Crippen LogP contribution in [0, 0.1) is 5.82 Å². The molecular formula is C23H20BrClFN5OS. The molecule has 0 unspecified atom stereocenters. The van der Waals surface area contributed by atoms with Gasteiger partial charge in [0.2, 0.25) is 5.16 Å². The molecule has 0 spiro atoms. The van der Waals surface area contributed by atoms with Crippen LogP contribution in [0.1, 0.15) is 11.1 Å². The van der Waals surface area contributed by atoms with Crippen molar-refractivity contribution in [1.29, 1.82) is 0 Å². The zero-order chi connectivity index (χ0) is 23.0. The smallest absolute Gasteiger partial charge is 0.214 e. The van der Waals surface area contributed by atoms with Gasteiger partial charge < -0.3 is 10.1 Å². The Morgan fingerprint density at radius 1 is 1.09 bits per heavy atom. The molecule has 6 nitrogen and oxygen atoms in total. The summed E-state index contributed by atoms with van der Waals surface area (Å²) in [7, 11) is 0. The lowest BCUT2D eigenvalue weighted by Gasteiger charge is -2.14. The van der Waals surface area contributed by atoms with Gasteiger partial charge in [-0.15, -0.1) is 5.10 Å². The monoisotopic (exact) mass is 547 g/mol. The van der Waals surface area contributed by atoms with Gasteiger partial charge in [-0.25, -0.2) is 4.39 Å². The van der Waals surface area contributed by atoms with Crippen molar-refractivity contribution in [3.05, 3.63) is 93.2 Å². The van der Waals surface area contributed by atoms with E-state index in [1.165, 1.54) is 6.07 Å². The number of aromatic nitrogens is 4. The minimum Gasteiger partial charge on any atom is -0.488 e. The van der Waals surface area contributed by atoms with Crippen molar-refractivity contribution < 1.29 is 9.13 Å². The summed E-state index contributed by atoms with van der Waals surface area (Å²) in [4.78, 5) is 0. The van der Waals surface area contributed by atoms with Crippen LogP contribution in [0.5, 0.6) is 5.75 Å². The molecule has 170 valence electrons. The number of rotatable bonds is 10. The molecule has 0 fully saturated rings. The Balaban J connectivity index is 1.31. The van der Waals surface area contributed by atoms with E-state index in [2.05, 4.69) is 36.8 Å². The number of para-hydroxylation sites is 1. The Labute approximate surface area is 208 Å². The van der Waals surface area contributed by atoms with Crippen molar-refractivity contribution in [3.8, 4) is 11.4 Å². The lowest BCUT2D eigenvalue weighted by atomic mass is 10.2. The fraction of sp³-hybridized carbons (Fsp3) is 0.174. The Morgan fingerprint density at radius 2 is 1.94 bits per heavy atom. The predicted octanol–water partition coefficient (Wildman–Crippen LogP) is 5.68. The second-order valence-corrected chi connectivity index (χ2v) is 9.36. The molecule has 0 saturated carbocycles. The number of hydrogen-bond donors (Lipinski definition) is 1. The molecule has 1 aromatic heterocycles. The Bertz CT molecular complexity index is 1190. The molecule has 0 amide bonds. The first-order valence-corrected chi connectivity index (χ1v) is 12.3. The first kappa shape index (κ1) is 23.7. The molecule has 1 N–H and O–H groups in total. The normalized spacial score (nSPS) is 11.0. The topological polar surface area (TPSA) is 64.9 Å². The summed E-state index contributed by atoms with van der Waals surface area (Å²) in [6, 6.07) is 20.1. The second kappa shape index (κ2) is 11.6. The number of halogens is 3. The maximum absolute atomic E-state index is 14.1. The van der Waals surface area contributed by atoms with Gasteiger partial charge in [0.1, 0.15) is 18.2 Å². The van der Waals surface area contributed by atoms with E-state index in [9.17, 15) is 4.39 Å². The largest absolute Gasteiger partial charge is 0.488 e. The molecule has 1 heterocycles. The zero-order valence-electron chi connectivity index (χ0n) is 17.4. The van der Waals surface area contributed by atoms with Gasteiger partial charge in [0.25, 0.3) is 0 Å². The Hall–Kier alpha value is -2.46. The minimum atomic E-state index is -0.380. The predicted molar refractivity (Wildman–Crippen MR) is 131 cm³/mol. The van der Waals surface area contributed by atoms with E-state index in [0.717, 1.165) is 33.2 Å². The SMILES string of the molecule is Fc1cccc(Cl)c1COc1ccc(Br)cc1CNCCSc1nnnn1-c1ccccc1. The molecule has 0 radical (unpaired) electrons. The van der Waals surface area contributed by atoms with Crippen LogP contribution in [0.3, 0.4) is 0 Å². The van der Waals surface area contributed by atoms with E-state index < -0.39 is 0 Å². The molecule has 0 aliphatic heterocycles.